The van der Waals surface area contributed by atoms with E-state index in [4.69, 9.17) is 9.47 Å². The largest absolute Gasteiger partial charge is 0.490 e. The van der Waals surface area contributed by atoms with Gasteiger partial charge in [-0.25, -0.2) is 4.98 Å². The number of imide groups is 2. The Balaban J connectivity index is 0.840. The maximum Gasteiger partial charge on any atom is 0.324 e. The van der Waals surface area contributed by atoms with Crippen LogP contribution in [0.25, 0.3) is 5.82 Å². The number of rotatable bonds is 10. The Bertz CT molecular complexity index is 2180. The zero-order valence-electron chi connectivity index (χ0n) is 28.4. The van der Waals surface area contributed by atoms with Crippen molar-refractivity contribution < 1.29 is 28.7 Å². The molecule has 52 heavy (non-hydrogen) atoms. The van der Waals surface area contributed by atoms with Crippen molar-refractivity contribution in [1.29, 1.82) is 0 Å². The number of fused-ring (bicyclic) bond motifs is 1. The zero-order valence-corrected chi connectivity index (χ0v) is 28.4. The van der Waals surface area contributed by atoms with Gasteiger partial charge in [0.05, 0.1) is 23.5 Å². The summed E-state index contributed by atoms with van der Waals surface area (Å²) in [5, 5.41) is 13.8. The summed E-state index contributed by atoms with van der Waals surface area (Å²) in [5.74, 6) is -0.174. The van der Waals surface area contributed by atoms with Gasteiger partial charge in [-0.15, -0.1) is 4.80 Å². The molecule has 8 rings (SSSR count). The van der Waals surface area contributed by atoms with Gasteiger partial charge in [-0.2, -0.15) is 15.2 Å². The summed E-state index contributed by atoms with van der Waals surface area (Å²) in [6, 6.07) is 22.1. The van der Waals surface area contributed by atoms with Crippen molar-refractivity contribution in [3.05, 3.63) is 114 Å². The van der Waals surface area contributed by atoms with E-state index in [1.165, 1.54) is 4.80 Å². The number of carbonyl (C=O) groups is 4. The first-order chi connectivity index (χ1) is 25.1. The molecule has 1 unspecified atom stereocenters. The lowest BCUT2D eigenvalue weighted by molar-refractivity contribution is -0.136. The summed E-state index contributed by atoms with van der Waals surface area (Å²) in [6.07, 6.45) is 6.51. The van der Waals surface area contributed by atoms with Crippen LogP contribution in [-0.4, -0.2) is 71.7 Å². The van der Waals surface area contributed by atoms with Gasteiger partial charge in [0.25, 0.3) is 11.8 Å². The average molecular weight is 699 g/mol. The number of ether oxygens (including phenoxy) is 2. The van der Waals surface area contributed by atoms with E-state index in [0.29, 0.717) is 17.3 Å². The molecule has 2 aromatic heterocycles. The maximum absolute atomic E-state index is 13.2. The van der Waals surface area contributed by atoms with Crippen molar-refractivity contribution in [2.75, 3.05) is 5.32 Å². The monoisotopic (exact) mass is 698 g/mol. The Kier molecular flexibility index (Phi) is 8.20. The van der Waals surface area contributed by atoms with Crippen molar-refractivity contribution in [2.24, 2.45) is 0 Å². The molecule has 4 amide bonds. The minimum atomic E-state index is -0.990. The van der Waals surface area contributed by atoms with Crippen LogP contribution in [-0.2, 0) is 15.0 Å². The molecule has 1 atom stereocenters. The molecule has 2 N–H and O–H groups in total. The number of nitrogens with zero attached hydrogens (tertiary/aromatic N) is 6. The van der Waals surface area contributed by atoms with Gasteiger partial charge in [-0.1, -0.05) is 38.1 Å². The van der Waals surface area contributed by atoms with E-state index >= 15 is 0 Å². The molecule has 1 saturated carbocycles. The molecule has 2 fully saturated rings. The standard InChI is InChI=1S/C38H34N8O6/c1-38(2,23-5-10-27(11-6-23)52-37-39-16-15-32(43-37)46-40-17-18-41-46)22-3-8-26(9-4-22)51-28-19-25(20-28)42-24-7-12-29-30(21-24)36(50)45(35(29)49)31-13-14-33(47)44-34(31)48/h3-12,15-18,21,25,28,31,42H,13-14,19-20H2,1-2H3,(H,44,47,48). The molecular weight excluding hydrogens is 664 g/mol. The molecule has 4 heterocycles. The summed E-state index contributed by atoms with van der Waals surface area (Å²) in [6.45, 7) is 4.33. The predicted octanol–water partition coefficient (Wildman–Crippen LogP) is 4.60. The fraction of sp³-hybridized carbons (Fsp3) is 0.263. The molecule has 3 aromatic carbocycles. The molecule has 1 aliphatic carbocycles. The number of aromatic nitrogens is 5. The molecule has 262 valence electrons. The summed E-state index contributed by atoms with van der Waals surface area (Å²) >= 11 is 0. The van der Waals surface area contributed by atoms with Crippen LogP contribution in [0.5, 0.6) is 17.5 Å². The van der Waals surface area contributed by atoms with E-state index in [0.717, 1.165) is 34.6 Å². The molecule has 0 radical (unpaired) electrons. The highest BCUT2D eigenvalue weighted by atomic mass is 16.5. The number of anilines is 1. The van der Waals surface area contributed by atoms with Gasteiger partial charge in [0.2, 0.25) is 11.8 Å². The Labute approximate surface area is 298 Å². The third-order valence-electron chi connectivity index (χ3n) is 9.81. The van der Waals surface area contributed by atoms with E-state index in [1.54, 1.807) is 42.9 Å². The van der Waals surface area contributed by atoms with Crippen LogP contribution in [0.2, 0.25) is 0 Å². The topological polar surface area (TPSA) is 171 Å². The molecule has 5 aromatic rings. The fourth-order valence-corrected chi connectivity index (χ4v) is 6.76. The average Bonchev–Trinajstić information content (AvgIpc) is 3.75. The number of hydrogen-bond donors (Lipinski definition) is 2. The van der Waals surface area contributed by atoms with Crippen molar-refractivity contribution in [2.45, 2.75) is 63.1 Å². The Morgan fingerprint density at radius 3 is 2.17 bits per heavy atom. The van der Waals surface area contributed by atoms with Gasteiger partial charge in [0, 0.05) is 48.7 Å². The van der Waals surface area contributed by atoms with Gasteiger partial charge >= 0.3 is 6.01 Å². The van der Waals surface area contributed by atoms with Crippen LogP contribution < -0.4 is 20.1 Å². The first kappa shape index (κ1) is 32.7. The number of piperidine rings is 1. The van der Waals surface area contributed by atoms with Gasteiger partial charge in [0.1, 0.15) is 23.6 Å². The smallest absolute Gasteiger partial charge is 0.324 e. The highest BCUT2D eigenvalue weighted by Gasteiger charge is 2.45. The van der Waals surface area contributed by atoms with Gasteiger partial charge in [-0.05, 0) is 60.0 Å². The number of carbonyl (C=O) groups excluding carboxylic acids is 4. The van der Waals surface area contributed by atoms with Crippen molar-refractivity contribution in [1.82, 2.24) is 35.2 Å². The zero-order chi connectivity index (χ0) is 36.0. The van der Waals surface area contributed by atoms with Crippen LogP contribution in [0.3, 0.4) is 0 Å². The summed E-state index contributed by atoms with van der Waals surface area (Å²) in [5.41, 5.74) is 3.17. The molecular formula is C38H34N8O6. The third-order valence-corrected chi connectivity index (χ3v) is 9.81. The van der Waals surface area contributed by atoms with Gasteiger partial charge < -0.3 is 14.8 Å². The van der Waals surface area contributed by atoms with Crippen LogP contribution in [0, 0.1) is 0 Å². The molecule has 14 heteroatoms. The number of hydrogen-bond acceptors (Lipinski definition) is 11. The molecule has 3 aliphatic rings. The van der Waals surface area contributed by atoms with Crippen LogP contribution >= 0.6 is 0 Å². The van der Waals surface area contributed by atoms with Gasteiger partial charge in [0.15, 0.2) is 5.82 Å². The Hall–Kier alpha value is -6.44. The molecule has 14 nitrogen and oxygen atoms in total. The molecule has 0 spiro atoms. The maximum atomic E-state index is 13.2. The normalized spacial score (nSPS) is 19.9. The highest BCUT2D eigenvalue weighted by Crippen LogP contribution is 2.36. The van der Waals surface area contributed by atoms with Crippen LogP contribution in [0.4, 0.5) is 5.69 Å². The Morgan fingerprint density at radius 2 is 1.48 bits per heavy atom. The SMILES string of the molecule is CC(C)(c1ccc(Oc2nccc(-n3nccn3)n2)cc1)c1ccc(OC2CC(Nc3ccc4c(c3)C(=O)N(C3CCC(=O)NC3=O)C4=O)C2)cc1. The lowest BCUT2D eigenvalue weighted by Gasteiger charge is -2.36. The van der Waals surface area contributed by atoms with E-state index in [1.807, 2.05) is 36.4 Å². The lowest BCUT2D eigenvalue weighted by Crippen LogP contribution is -2.54. The molecule has 2 aliphatic heterocycles. The first-order valence-corrected chi connectivity index (χ1v) is 17.0. The second kappa shape index (κ2) is 13.0. The number of benzene rings is 3. The van der Waals surface area contributed by atoms with E-state index in [-0.39, 0.29) is 47.5 Å². The first-order valence-electron chi connectivity index (χ1n) is 17.0. The summed E-state index contributed by atoms with van der Waals surface area (Å²) in [4.78, 5) is 61.0. The summed E-state index contributed by atoms with van der Waals surface area (Å²) in [7, 11) is 0. The van der Waals surface area contributed by atoms with Crippen LogP contribution in [0.15, 0.2) is 91.4 Å². The second-order valence-corrected chi connectivity index (χ2v) is 13.6. The minimum absolute atomic E-state index is 0.0324. The summed E-state index contributed by atoms with van der Waals surface area (Å²) < 4.78 is 12.2. The fourth-order valence-electron chi connectivity index (χ4n) is 6.76. The van der Waals surface area contributed by atoms with Crippen molar-refractivity contribution in [3.63, 3.8) is 0 Å². The third kappa shape index (κ3) is 6.23. The molecule has 0 bridgehead atoms. The van der Waals surface area contributed by atoms with Crippen molar-refractivity contribution >= 4 is 29.3 Å². The highest BCUT2D eigenvalue weighted by molar-refractivity contribution is 6.23. The molecule has 1 saturated heterocycles. The van der Waals surface area contributed by atoms with Crippen molar-refractivity contribution in [3.8, 4) is 23.3 Å². The van der Waals surface area contributed by atoms with Gasteiger partial charge in [-0.3, -0.25) is 29.4 Å². The van der Waals surface area contributed by atoms with E-state index in [2.05, 4.69) is 56.8 Å². The van der Waals surface area contributed by atoms with E-state index in [9.17, 15) is 19.2 Å². The van der Waals surface area contributed by atoms with Crippen LogP contribution in [0.1, 0.15) is 71.4 Å². The lowest BCUT2D eigenvalue weighted by atomic mass is 9.78. The Morgan fingerprint density at radius 1 is 0.808 bits per heavy atom. The quantitative estimate of drug-likeness (QED) is 0.196. The number of amides is 4. The second-order valence-electron chi connectivity index (χ2n) is 13.6. The predicted molar refractivity (Wildman–Crippen MR) is 186 cm³/mol. The minimum Gasteiger partial charge on any atom is -0.490 e. The van der Waals surface area contributed by atoms with E-state index < -0.39 is 29.7 Å². The number of nitrogens with one attached hydrogen (secondary N) is 2.